The van der Waals surface area contributed by atoms with Gasteiger partial charge in [-0.05, 0) is 17.7 Å². The summed E-state index contributed by atoms with van der Waals surface area (Å²) in [6.07, 6.45) is -0.311. The van der Waals surface area contributed by atoms with Crippen molar-refractivity contribution in [3.05, 3.63) is 59.4 Å². The number of hydrogen-bond acceptors (Lipinski definition) is 4. The van der Waals surface area contributed by atoms with Crippen molar-refractivity contribution in [3.63, 3.8) is 0 Å². The van der Waals surface area contributed by atoms with Gasteiger partial charge in [-0.25, -0.2) is 18.6 Å². The van der Waals surface area contributed by atoms with E-state index in [2.05, 4.69) is 4.85 Å². The third kappa shape index (κ3) is 3.49. The van der Waals surface area contributed by atoms with E-state index in [-0.39, 0.29) is 19.5 Å². The molecule has 8 heteroatoms. The standard InChI is InChI=1S/C21H21F2N5O/c1-25-15-8-6-14(7-9-15)12-28-16-4-3-5-17(29-2)19(16)26-20(28)27-11-10-21(22,23)18(24)13-27/h3-9,18H,10-13,24H2,2H3/t18-/m1/s1. The van der Waals surface area contributed by atoms with E-state index in [1.54, 1.807) is 19.2 Å². The molecule has 1 atom stereocenters. The normalized spacial score (nSPS) is 18.6. The molecule has 29 heavy (non-hydrogen) atoms. The maximum absolute atomic E-state index is 13.9. The first-order valence-electron chi connectivity index (χ1n) is 9.31. The van der Waals surface area contributed by atoms with Gasteiger partial charge in [0.1, 0.15) is 11.3 Å². The largest absolute Gasteiger partial charge is 0.494 e. The van der Waals surface area contributed by atoms with Crippen LogP contribution in [0.5, 0.6) is 5.75 Å². The number of imidazole rings is 1. The second kappa shape index (κ2) is 7.33. The van der Waals surface area contributed by atoms with Crippen LogP contribution in [0.2, 0.25) is 0 Å². The average molecular weight is 397 g/mol. The van der Waals surface area contributed by atoms with Crippen LogP contribution in [-0.2, 0) is 6.54 Å². The molecule has 0 spiro atoms. The summed E-state index contributed by atoms with van der Waals surface area (Å²) in [5, 5.41) is 0. The van der Waals surface area contributed by atoms with Crippen LogP contribution in [0.3, 0.4) is 0 Å². The number of anilines is 1. The van der Waals surface area contributed by atoms with Crippen molar-refractivity contribution in [3.8, 4) is 5.75 Å². The van der Waals surface area contributed by atoms with Gasteiger partial charge in [0.25, 0.3) is 5.92 Å². The number of benzene rings is 2. The van der Waals surface area contributed by atoms with E-state index in [4.69, 9.17) is 22.0 Å². The number of ether oxygens (including phenoxy) is 1. The van der Waals surface area contributed by atoms with Crippen molar-refractivity contribution in [2.45, 2.75) is 24.9 Å². The molecule has 2 aromatic carbocycles. The summed E-state index contributed by atoms with van der Waals surface area (Å²) in [6.45, 7) is 7.78. The summed E-state index contributed by atoms with van der Waals surface area (Å²) in [5.74, 6) is -1.66. The molecule has 0 radical (unpaired) electrons. The van der Waals surface area contributed by atoms with E-state index in [9.17, 15) is 8.78 Å². The molecule has 1 aliphatic rings. The maximum Gasteiger partial charge on any atom is 0.266 e. The van der Waals surface area contributed by atoms with Crippen molar-refractivity contribution in [2.75, 3.05) is 25.1 Å². The fourth-order valence-corrected chi connectivity index (χ4v) is 3.64. The number of para-hydroxylation sites is 1. The highest BCUT2D eigenvalue weighted by Gasteiger charge is 2.42. The monoisotopic (exact) mass is 397 g/mol. The van der Waals surface area contributed by atoms with Crippen LogP contribution in [-0.4, -0.2) is 41.7 Å². The van der Waals surface area contributed by atoms with Gasteiger partial charge in [-0.15, -0.1) is 0 Å². The first-order valence-corrected chi connectivity index (χ1v) is 9.31. The number of nitrogens with two attached hydrogens (primary N) is 1. The van der Waals surface area contributed by atoms with Gasteiger partial charge in [0.05, 0.1) is 31.8 Å². The molecule has 0 saturated carbocycles. The van der Waals surface area contributed by atoms with Crippen LogP contribution in [0.25, 0.3) is 15.9 Å². The summed E-state index contributed by atoms with van der Waals surface area (Å²) in [6, 6.07) is 11.7. The van der Waals surface area contributed by atoms with Gasteiger partial charge in [-0.1, -0.05) is 30.3 Å². The van der Waals surface area contributed by atoms with Crippen LogP contribution in [0.15, 0.2) is 42.5 Å². The molecule has 6 nitrogen and oxygen atoms in total. The second-order valence-electron chi connectivity index (χ2n) is 7.17. The molecule has 1 aliphatic heterocycles. The lowest BCUT2D eigenvalue weighted by Crippen LogP contribution is -2.55. The zero-order chi connectivity index (χ0) is 20.6. The van der Waals surface area contributed by atoms with Gasteiger partial charge >= 0.3 is 0 Å². The minimum absolute atomic E-state index is 0.0231. The molecule has 2 N–H and O–H groups in total. The highest BCUT2D eigenvalue weighted by Crippen LogP contribution is 2.34. The number of aromatic nitrogens is 2. The third-order valence-electron chi connectivity index (χ3n) is 5.31. The molecule has 1 saturated heterocycles. The minimum Gasteiger partial charge on any atom is -0.494 e. The number of piperidine rings is 1. The van der Waals surface area contributed by atoms with E-state index in [0.717, 1.165) is 11.1 Å². The second-order valence-corrected chi connectivity index (χ2v) is 7.17. The summed E-state index contributed by atoms with van der Waals surface area (Å²) in [7, 11) is 1.58. The smallest absolute Gasteiger partial charge is 0.266 e. The Balaban J connectivity index is 1.78. The van der Waals surface area contributed by atoms with Gasteiger partial charge in [0.15, 0.2) is 5.69 Å². The molecule has 0 bridgehead atoms. The molecule has 4 rings (SSSR count). The summed E-state index contributed by atoms with van der Waals surface area (Å²) in [5.41, 5.74) is 8.81. The average Bonchev–Trinajstić information content (AvgIpc) is 3.09. The molecule has 1 fully saturated rings. The Morgan fingerprint density at radius 3 is 2.69 bits per heavy atom. The Labute approximate surface area is 167 Å². The van der Waals surface area contributed by atoms with Crippen molar-refractivity contribution in [2.24, 2.45) is 5.73 Å². The zero-order valence-electron chi connectivity index (χ0n) is 16.0. The van der Waals surface area contributed by atoms with Gasteiger partial charge in [0, 0.05) is 19.5 Å². The van der Waals surface area contributed by atoms with E-state index in [0.29, 0.717) is 29.4 Å². The van der Waals surface area contributed by atoms with Crippen molar-refractivity contribution in [1.29, 1.82) is 0 Å². The molecule has 2 heterocycles. The summed E-state index contributed by atoms with van der Waals surface area (Å²) < 4.78 is 35.2. The summed E-state index contributed by atoms with van der Waals surface area (Å²) in [4.78, 5) is 9.96. The lowest BCUT2D eigenvalue weighted by Gasteiger charge is -2.37. The number of nitrogens with zero attached hydrogens (tertiary/aromatic N) is 4. The quantitative estimate of drug-likeness (QED) is 0.680. The lowest BCUT2D eigenvalue weighted by atomic mass is 10.0. The van der Waals surface area contributed by atoms with Crippen LogP contribution in [0.1, 0.15) is 12.0 Å². The topological polar surface area (TPSA) is 60.7 Å². The molecular weight excluding hydrogens is 376 g/mol. The molecule has 150 valence electrons. The number of methoxy groups -OCH3 is 1. The highest BCUT2D eigenvalue weighted by molar-refractivity contribution is 5.85. The van der Waals surface area contributed by atoms with Gasteiger partial charge < -0.3 is 19.9 Å². The Bertz CT molecular complexity index is 1070. The number of halogens is 2. The van der Waals surface area contributed by atoms with Crippen LogP contribution in [0.4, 0.5) is 20.4 Å². The van der Waals surface area contributed by atoms with Gasteiger partial charge in [-0.2, -0.15) is 0 Å². The van der Waals surface area contributed by atoms with Gasteiger partial charge in [0.2, 0.25) is 5.95 Å². The van der Waals surface area contributed by atoms with E-state index in [1.165, 1.54) is 0 Å². The van der Waals surface area contributed by atoms with Crippen molar-refractivity contribution < 1.29 is 13.5 Å². The lowest BCUT2D eigenvalue weighted by molar-refractivity contribution is -0.0395. The summed E-state index contributed by atoms with van der Waals surface area (Å²) >= 11 is 0. The fourth-order valence-electron chi connectivity index (χ4n) is 3.64. The minimum atomic E-state index is -2.87. The van der Waals surface area contributed by atoms with E-state index < -0.39 is 12.0 Å². The molecule has 1 aromatic heterocycles. The van der Waals surface area contributed by atoms with Gasteiger partial charge in [-0.3, -0.25) is 0 Å². The Hall–Kier alpha value is -3.18. The molecule has 0 unspecified atom stereocenters. The molecule has 0 amide bonds. The third-order valence-corrected chi connectivity index (χ3v) is 5.31. The van der Waals surface area contributed by atoms with Crippen molar-refractivity contribution in [1.82, 2.24) is 9.55 Å². The number of fused-ring (bicyclic) bond motifs is 1. The first kappa shape index (κ1) is 19.2. The Morgan fingerprint density at radius 2 is 2.03 bits per heavy atom. The Morgan fingerprint density at radius 1 is 1.28 bits per heavy atom. The van der Waals surface area contributed by atoms with Crippen LogP contribution < -0.4 is 15.4 Å². The predicted octanol–water partition coefficient (Wildman–Crippen LogP) is 3.82. The predicted molar refractivity (Wildman–Crippen MR) is 108 cm³/mol. The zero-order valence-corrected chi connectivity index (χ0v) is 16.0. The van der Waals surface area contributed by atoms with Crippen molar-refractivity contribution >= 4 is 22.7 Å². The number of alkyl halides is 2. The van der Waals surface area contributed by atoms with Crippen LogP contribution in [0, 0.1) is 6.57 Å². The molecule has 0 aliphatic carbocycles. The maximum atomic E-state index is 13.9. The Kier molecular flexibility index (Phi) is 4.84. The highest BCUT2D eigenvalue weighted by atomic mass is 19.3. The molecule has 3 aromatic rings. The first-order chi connectivity index (χ1) is 13.9. The van der Waals surface area contributed by atoms with E-state index in [1.807, 2.05) is 39.8 Å². The number of rotatable bonds is 4. The fraction of sp³-hybridized carbons (Fsp3) is 0.333. The van der Waals surface area contributed by atoms with E-state index >= 15 is 0 Å². The van der Waals surface area contributed by atoms with Crippen LogP contribution >= 0.6 is 0 Å². The molecular formula is C21H21F2N5O. The SMILES string of the molecule is [C-]#[N+]c1ccc(Cn2c(N3CCC(F)(F)[C@H](N)C3)nc3c(OC)cccc32)cc1. The number of hydrogen-bond donors (Lipinski definition) is 1.